The second-order valence-electron chi connectivity index (χ2n) is 11.0. The molecule has 0 saturated heterocycles. The lowest BCUT2D eigenvalue weighted by atomic mass is 10.0. The maximum atomic E-state index is 14.3. The van der Waals surface area contributed by atoms with Gasteiger partial charge in [-0.25, -0.2) is 8.42 Å². The largest absolute Gasteiger partial charge is 0.352 e. The maximum Gasteiger partial charge on any atom is 0.244 e. The lowest BCUT2D eigenvalue weighted by Crippen LogP contribution is -2.54. The summed E-state index contributed by atoms with van der Waals surface area (Å²) in [5.41, 5.74) is 4.09. The molecule has 41 heavy (non-hydrogen) atoms. The topological polar surface area (TPSA) is 86.8 Å². The van der Waals surface area contributed by atoms with E-state index < -0.39 is 28.5 Å². The average Bonchev–Trinajstić information content (AvgIpc) is 2.93. The fourth-order valence-corrected chi connectivity index (χ4v) is 5.67. The van der Waals surface area contributed by atoms with Crippen LogP contribution in [0.2, 0.25) is 0 Å². The van der Waals surface area contributed by atoms with E-state index in [4.69, 9.17) is 0 Å². The van der Waals surface area contributed by atoms with Crippen molar-refractivity contribution in [3.05, 3.63) is 101 Å². The minimum atomic E-state index is -3.82. The van der Waals surface area contributed by atoms with Gasteiger partial charge in [-0.05, 0) is 48.9 Å². The van der Waals surface area contributed by atoms with Gasteiger partial charge in [0.15, 0.2) is 0 Å². The summed E-state index contributed by atoms with van der Waals surface area (Å²) in [6, 6.07) is 23.7. The SMILES string of the molecule is CC[C@@H](C)NC(=O)[C@@H](Cc1ccccc1)N(Cc1cccc(C)c1)C(=O)CN(c1ccccc1C(C)C)S(C)(=O)=O. The van der Waals surface area contributed by atoms with E-state index >= 15 is 0 Å². The maximum absolute atomic E-state index is 14.3. The van der Waals surface area contributed by atoms with E-state index in [1.807, 2.05) is 101 Å². The zero-order valence-electron chi connectivity index (χ0n) is 25.0. The Hall–Kier alpha value is -3.65. The molecule has 0 spiro atoms. The Kier molecular flexibility index (Phi) is 11.1. The Bertz CT molecular complexity index is 1420. The van der Waals surface area contributed by atoms with Crippen LogP contribution in [0.5, 0.6) is 0 Å². The molecule has 220 valence electrons. The number of para-hydroxylation sites is 1. The fraction of sp³-hybridized carbons (Fsp3) is 0.394. The predicted molar refractivity (Wildman–Crippen MR) is 166 cm³/mol. The van der Waals surface area contributed by atoms with Crippen LogP contribution in [0.25, 0.3) is 0 Å². The van der Waals surface area contributed by atoms with Crippen molar-refractivity contribution >= 4 is 27.5 Å². The lowest BCUT2D eigenvalue weighted by Gasteiger charge is -2.34. The number of aryl methyl sites for hydroxylation is 1. The third-order valence-electron chi connectivity index (χ3n) is 7.21. The number of nitrogens with one attached hydrogen (secondary N) is 1. The monoisotopic (exact) mass is 577 g/mol. The van der Waals surface area contributed by atoms with Crippen molar-refractivity contribution < 1.29 is 18.0 Å². The molecule has 3 aromatic rings. The number of benzene rings is 3. The van der Waals surface area contributed by atoms with E-state index in [1.54, 1.807) is 12.1 Å². The van der Waals surface area contributed by atoms with Gasteiger partial charge in [0.1, 0.15) is 12.6 Å². The summed E-state index contributed by atoms with van der Waals surface area (Å²) in [5, 5.41) is 3.06. The third kappa shape index (κ3) is 8.92. The van der Waals surface area contributed by atoms with Gasteiger partial charge < -0.3 is 10.2 Å². The van der Waals surface area contributed by atoms with Crippen molar-refractivity contribution in [2.24, 2.45) is 0 Å². The second-order valence-corrected chi connectivity index (χ2v) is 12.9. The van der Waals surface area contributed by atoms with Crippen LogP contribution in [0.15, 0.2) is 78.9 Å². The zero-order valence-corrected chi connectivity index (χ0v) is 25.8. The highest BCUT2D eigenvalue weighted by atomic mass is 32.2. The molecule has 0 radical (unpaired) electrons. The van der Waals surface area contributed by atoms with Crippen LogP contribution in [-0.2, 0) is 32.6 Å². The number of anilines is 1. The first-order chi connectivity index (χ1) is 19.4. The average molecular weight is 578 g/mol. The van der Waals surface area contributed by atoms with Crippen LogP contribution in [0.3, 0.4) is 0 Å². The molecule has 7 nitrogen and oxygen atoms in total. The fourth-order valence-electron chi connectivity index (χ4n) is 4.80. The first kappa shape index (κ1) is 31.9. The number of carbonyl (C=O) groups excluding carboxylic acids is 2. The number of amides is 2. The minimum Gasteiger partial charge on any atom is -0.352 e. The van der Waals surface area contributed by atoms with Gasteiger partial charge in [-0.2, -0.15) is 0 Å². The molecule has 2 atom stereocenters. The number of hydrogen-bond acceptors (Lipinski definition) is 4. The van der Waals surface area contributed by atoms with E-state index in [9.17, 15) is 18.0 Å². The first-order valence-corrected chi connectivity index (χ1v) is 16.0. The molecule has 0 fully saturated rings. The van der Waals surface area contributed by atoms with Gasteiger partial charge in [0, 0.05) is 19.0 Å². The molecule has 0 bridgehead atoms. The molecule has 0 heterocycles. The van der Waals surface area contributed by atoms with Crippen molar-refractivity contribution in [2.45, 2.75) is 72.0 Å². The van der Waals surface area contributed by atoms with Crippen molar-refractivity contribution in [1.82, 2.24) is 10.2 Å². The third-order valence-corrected chi connectivity index (χ3v) is 8.34. The van der Waals surface area contributed by atoms with Crippen LogP contribution in [0.4, 0.5) is 5.69 Å². The van der Waals surface area contributed by atoms with Gasteiger partial charge in [0.05, 0.1) is 11.9 Å². The van der Waals surface area contributed by atoms with Crippen LogP contribution in [0.1, 0.15) is 62.3 Å². The molecule has 3 rings (SSSR count). The van der Waals surface area contributed by atoms with Gasteiger partial charge in [0.2, 0.25) is 21.8 Å². The van der Waals surface area contributed by atoms with Crippen LogP contribution in [0, 0.1) is 6.92 Å². The Morgan fingerprint density at radius 3 is 2.12 bits per heavy atom. The second kappa shape index (κ2) is 14.3. The molecule has 1 N–H and O–H groups in total. The number of carbonyl (C=O) groups is 2. The quantitative estimate of drug-likeness (QED) is 0.293. The van der Waals surface area contributed by atoms with Gasteiger partial charge in [-0.1, -0.05) is 99.1 Å². The highest BCUT2D eigenvalue weighted by Crippen LogP contribution is 2.29. The molecular weight excluding hydrogens is 534 g/mol. The summed E-state index contributed by atoms with van der Waals surface area (Å²) >= 11 is 0. The van der Waals surface area contributed by atoms with Crippen molar-refractivity contribution in [2.75, 3.05) is 17.1 Å². The summed E-state index contributed by atoms with van der Waals surface area (Å²) in [4.78, 5) is 29.6. The molecule has 0 aliphatic heterocycles. The smallest absolute Gasteiger partial charge is 0.244 e. The summed E-state index contributed by atoms with van der Waals surface area (Å²) in [6.07, 6.45) is 2.14. The van der Waals surface area contributed by atoms with Crippen molar-refractivity contribution in [3.8, 4) is 0 Å². The molecule has 2 amide bonds. The van der Waals surface area contributed by atoms with Crippen molar-refractivity contribution in [3.63, 3.8) is 0 Å². The highest BCUT2D eigenvalue weighted by Gasteiger charge is 2.34. The van der Waals surface area contributed by atoms with E-state index in [0.717, 1.165) is 34.9 Å². The van der Waals surface area contributed by atoms with E-state index in [-0.39, 0.29) is 24.4 Å². The Morgan fingerprint density at radius 1 is 0.878 bits per heavy atom. The summed E-state index contributed by atoms with van der Waals surface area (Å²) in [6.45, 7) is 9.61. The Morgan fingerprint density at radius 2 is 1.51 bits per heavy atom. The molecular formula is C33H43N3O4S. The van der Waals surface area contributed by atoms with Gasteiger partial charge >= 0.3 is 0 Å². The van der Waals surface area contributed by atoms with Crippen LogP contribution < -0.4 is 9.62 Å². The predicted octanol–water partition coefficient (Wildman–Crippen LogP) is 5.44. The molecule has 8 heteroatoms. The summed E-state index contributed by atoms with van der Waals surface area (Å²) < 4.78 is 27.4. The Balaban J connectivity index is 2.10. The Labute approximate surface area is 245 Å². The van der Waals surface area contributed by atoms with E-state index in [0.29, 0.717) is 12.1 Å². The number of nitrogens with zero attached hydrogens (tertiary/aromatic N) is 2. The normalized spacial score (nSPS) is 13.0. The molecule has 3 aromatic carbocycles. The number of sulfonamides is 1. The van der Waals surface area contributed by atoms with Gasteiger partial charge in [-0.15, -0.1) is 0 Å². The lowest BCUT2D eigenvalue weighted by molar-refractivity contribution is -0.140. The standard InChI is InChI=1S/C33H43N3O4S/c1-7-26(5)34-33(38)31(21-27-15-9-8-10-16-27)35(22-28-17-13-14-25(4)20-28)32(37)23-36(41(6,39)40)30-19-12-11-18-29(30)24(2)3/h8-20,24,26,31H,7,21-23H2,1-6H3,(H,34,38)/t26-,31-/m1/s1. The molecule has 0 aliphatic rings. The van der Waals surface area contributed by atoms with Crippen LogP contribution in [-0.4, -0.2) is 50.0 Å². The molecule has 0 saturated carbocycles. The van der Waals surface area contributed by atoms with E-state index in [2.05, 4.69) is 5.32 Å². The number of hydrogen-bond donors (Lipinski definition) is 1. The molecule has 0 aliphatic carbocycles. The minimum absolute atomic E-state index is 0.0427. The zero-order chi connectivity index (χ0) is 30.2. The van der Waals surface area contributed by atoms with E-state index in [1.165, 1.54) is 9.21 Å². The highest BCUT2D eigenvalue weighted by molar-refractivity contribution is 7.92. The van der Waals surface area contributed by atoms with Crippen LogP contribution >= 0.6 is 0 Å². The van der Waals surface area contributed by atoms with Gasteiger partial charge in [-0.3, -0.25) is 13.9 Å². The molecule has 0 aromatic heterocycles. The van der Waals surface area contributed by atoms with Crippen molar-refractivity contribution in [1.29, 1.82) is 0 Å². The number of rotatable bonds is 13. The van der Waals surface area contributed by atoms with Gasteiger partial charge in [0.25, 0.3) is 0 Å². The molecule has 0 unspecified atom stereocenters. The summed E-state index contributed by atoms with van der Waals surface area (Å²) in [5.74, 6) is -0.672. The summed E-state index contributed by atoms with van der Waals surface area (Å²) in [7, 11) is -3.82. The first-order valence-electron chi connectivity index (χ1n) is 14.2.